The van der Waals surface area contributed by atoms with E-state index in [0.717, 1.165) is 0 Å². The van der Waals surface area contributed by atoms with Crippen LogP contribution in [0.15, 0.2) is 36.4 Å². The van der Waals surface area contributed by atoms with E-state index in [-0.39, 0.29) is 16.6 Å². The van der Waals surface area contributed by atoms with E-state index < -0.39 is 5.82 Å². The van der Waals surface area contributed by atoms with Gasteiger partial charge in [-0.15, -0.1) is 0 Å². The van der Waals surface area contributed by atoms with E-state index in [1.165, 1.54) is 6.07 Å². The Labute approximate surface area is 127 Å². The number of halogens is 2. The highest BCUT2D eigenvalue weighted by Gasteiger charge is 2.11. The lowest BCUT2D eigenvalue weighted by atomic mass is 10.1. The van der Waals surface area contributed by atoms with Gasteiger partial charge in [0.15, 0.2) is 5.82 Å². The minimum atomic E-state index is -0.568. The first-order valence-corrected chi connectivity index (χ1v) is 6.79. The highest BCUT2D eigenvalue weighted by molar-refractivity contribution is 6.31. The van der Waals surface area contributed by atoms with Gasteiger partial charge in [0.05, 0.1) is 22.1 Å². The molecule has 0 unspecified atom stereocenters. The minimum Gasteiger partial charge on any atom is -0.397 e. The summed E-state index contributed by atoms with van der Waals surface area (Å²) < 4.78 is 13.9. The zero-order valence-corrected chi connectivity index (χ0v) is 12.2. The Bertz CT molecular complexity index is 676. The first-order chi connectivity index (χ1) is 10.0. The molecule has 4 nitrogen and oxygen atoms in total. The van der Waals surface area contributed by atoms with Crippen LogP contribution >= 0.6 is 11.6 Å². The smallest absolute Gasteiger partial charge is 0.251 e. The summed E-state index contributed by atoms with van der Waals surface area (Å²) in [5.41, 5.74) is 7.34. The van der Waals surface area contributed by atoms with Gasteiger partial charge < -0.3 is 16.4 Å². The minimum absolute atomic E-state index is 0.0125. The Morgan fingerprint density at radius 3 is 2.76 bits per heavy atom. The van der Waals surface area contributed by atoms with Gasteiger partial charge in [-0.3, -0.25) is 4.79 Å². The van der Waals surface area contributed by atoms with E-state index >= 15 is 0 Å². The summed E-state index contributed by atoms with van der Waals surface area (Å²) in [4.78, 5) is 11.8. The standard InChI is InChI=1S/C15H15ClFN3O/c1-2-19-15(21)9-6-7-11(18)13(8-9)20-12-5-3-4-10(16)14(12)17/h3-8,20H,2,18H2,1H3,(H,19,21). The highest BCUT2D eigenvalue weighted by Crippen LogP contribution is 2.28. The van der Waals surface area contributed by atoms with Gasteiger partial charge in [-0.1, -0.05) is 17.7 Å². The molecule has 2 aromatic carbocycles. The van der Waals surface area contributed by atoms with E-state index in [1.807, 2.05) is 6.92 Å². The van der Waals surface area contributed by atoms with E-state index in [1.54, 1.807) is 30.3 Å². The first-order valence-electron chi connectivity index (χ1n) is 6.41. The predicted octanol–water partition coefficient (Wildman–Crippen LogP) is 3.55. The summed E-state index contributed by atoms with van der Waals surface area (Å²) in [6, 6.07) is 9.39. The third kappa shape index (κ3) is 3.44. The zero-order valence-electron chi connectivity index (χ0n) is 11.4. The number of carbonyl (C=O) groups excluding carboxylic acids is 1. The van der Waals surface area contributed by atoms with Crippen molar-refractivity contribution in [1.29, 1.82) is 0 Å². The van der Waals surface area contributed by atoms with Gasteiger partial charge in [0, 0.05) is 12.1 Å². The largest absolute Gasteiger partial charge is 0.397 e. The normalized spacial score (nSPS) is 10.2. The maximum atomic E-state index is 13.9. The molecular weight excluding hydrogens is 293 g/mol. The Hall–Kier alpha value is -2.27. The van der Waals surface area contributed by atoms with Crippen LogP contribution in [0.25, 0.3) is 0 Å². The third-order valence-corrected chi connectivity index (χ3v) is 3.17. The van der Waals surface area contributed by atoms with Crippen molar-refractivity contribution in [2.24, 2.45) is 0 Å². The van der Waals surface area contributed by atoms with Crippen LogP contribution in [-0.2, 0) is 0 Å². The summed E-state index contributed by atoms with van der Waals surface area (Å²) in [7, 11) is 0. The molecule has 0 aromatic heterocycles. The van der Waals surface area contributed by atoms with Crippen molar-refractivity contribution in [2.75, 3.05) is 17.6 Å². The van der Waals surface area contributed by atoms with Gasteiger partial charge >= 0.3 is 0 Å². The summed E-state index contributed by atoms with van der Waals surface area (Å²) in [5.74, 6) is -0.783. The monoisotopic (exact) mass is 307 g/mol. The molecule has 0 fully saturated rings. The van der Waals surface area contributed by atoms with Crippen molar-refractivity contribution in [2.45, 2.75) is 6.92 Å². The van der Waals surface area contributed by atoms with E-state index in [2.05, 4.69) is 10.6 Å². The van der Waals surface area contributed by atoms with Crippen molar-refractivity contribution in [3.63, 3.8) is 0 Å². The third-order valence-electron chi connectivity index (χ3n) is 2.87. The molecule has 0 heterocycles. The van der Waals surface area contributed by atoms with Gasteiger partial charge in [-0.25, -0.2) is 4.39 Å². The Balaban J connectivity index is 2.33. The number of nitrogens with two attached hydrogens (primary N) is 1. The van der Waals surface area contributed by atoms with Crippen molar-refractivity contribution in [3.8, 4) is 0 Å². The van der Waals surface area contributed by atoms with Crippen molar-refractivity contribution < 1.29 is 9.18 Å². The van der Waals surface area contributed by atoms with Gasteiger partial charge in [0.2, 0.25) is 0 Å². The van der Waals surface area contributed by atoms with Gasteiger partial charge in [-0.2, -0.15) is 0 Å². The average Bonchev–Trinajstić information content (AvgIpc) is 2.46. The molecule has 1 amide bonds. The summed E-state index contributed by atoms with van der Waals surface area (Å²) >= 11 is 5.73. The number of rotatable bonds is 4. The fourth-order valence-corrected chi connectivity index (χ4v) is 1.99. The quantitative estimate of drug-likeness (QED) is 0.757. The number of carbonyl (C=O) groups is 1. The van der Waals surface area contributed by atoms with Crippen LogP contribution in [-0.4, -0.2) is 12.5 Å². The van der Waals surface area contributed by atoms with Crippen LogP contribution in [0.5, 0.6) is 0 Å². The Kier molecular flexibility index (Phi) is 4.65. The molecule has 4 N–H and O–H groups in total. The second-order valence-corrected chi connectivity index (χ2v) is 4.80. The number of amides is 1. The second-order valence-electron chi connectivity index (χ2n) is 4.39. The highest BCUT2D eigenvalue weighted by atomic mass is 35.5. The van der Waals surface area contributed by atoms with E-state index in [0.29, 0.717) is 23.5 Å². The van der Waals surface area contributed by atoms with Crippen LogP contribution in [0.4, 0.5) is 21.5 Å². The number of hydrogen-bond acceptors (Lipinski definition) is 3. The maximum absolute atomic E-state index is 13.9. The lowest BCUT2D eigenvalue weighted by Gasteiger charge is -2.12. The fourth-order valence-electron chi connectivity index (χ4n) is 1.81. The van der Waals surface area contributed by atoms with Crippen molar-refractivity contribution >= 4 is 34.6 Å². The van der Waals surface area contributed by atoms with E-state index in [4.69, 9.17) is 17.3 Å². The molecule has 110 valence electrons. The van der Waals surface area contributed by atoms with Crippen LogP contribution < -0.4 is 16.4 Å². The lowest BCUT2D eigenvalue weighted by Crippen LogP contribution is -2.22. The molecule has 0 bridgehead atoms. The topological polar surface area (TPSA) is 67.2 Å². The molecule has 0 atom stereocenters. The maximum Gasteiger partial charge on any atom is 0.251 e. The molecule has 2 aromatic rings. The molecule has 21 heavy (non-hydrogen) atoms. The summed E-state index contributed by atoms with van der Waals surface area (Å²) in [6.07, 6.45) is 0. The number of nitrogens with one attached hydrogen (secondary N) is 2. The molecular formula is C15H15ClFN3O. The Morgan fingerprint density at radius 2 is 2.05 bits per heavy atom. The molecule has 0 aliphatic heterocycles. The zero-order chi connectivity index (χ0) is 15.4. The molecule has 0 saturated heterocycles. The predicted molar refractivity (Wildman–Crippen MR) is 83.6 cm³/mol. The van der Waals surface area contributed by atoms with Gasteiger partial charge in [0.1, 0.15) is 0 Å². The van der Waals surface area contributed by atoms with E-state index in [9.17, 15) is 9.18 Å². The summed E-state index contributed by atoms with van der Waals surface area (Å²) in [6.45, 7) is 2.35. The fraction of sp³-hybridized carbons (Fsp3) is 0.133. The number of anilines is 3. The molecule has 0 spiro atoms. The van der Waals surface area contributed by atoms with Crippen LogP contribution in [0.1, 0.15) is 17.3 Å². The lowest BCUT2D eigenvalue weighted by molar-refractivity contribution is 0.0956. The van der Waals surface area contributed by atoms with Gasteiger partial charge in [-0.05, 0) is 37.3 Å². The SMILES string of the molecule is CCNC(=O)c1ccc(N)c(Nc2cccc(Cl)c2F)c1. The average molecular weight is 308 g/mol. The summed E-state index contributed by atoms with van der Waals surface area (Å²) in [5, 5.41) is 5.56. The van der Waals surface area contributed by atoms with Crippen molar-refractivity contribution in [3.05, 3.63) is 52.8 Å². The second kappa shape index (κ2) is 6.45. The number of nitrogen functional groups attached to an aromatic ring is 1. The molecule has 0 aliphatic rings. The van der Waals surface area contributed by atoms with Crippen molar-refractivity contribution in [1.82, 2.24) is 5.32 Å². The number of benzene rings is 2. The van der Waals surface area contributed by atoms with Crippen LogP contribution in [0.2, 0.25) is 5.02 Å². The van der Waals surface area contributed by atoms with Crippen LogP contribution in [0, 0.1) is 5.82 Å². The molecule has 0 aliphatic carbocycles. The Morgan fingerprint density at radius 1 is 1.29 bits per heavy atom. The number of hydrogen-bond donors (Lipinski definition) is 3. The first kappa shape index (κ1) is 15.1. The molecule has 2 rings (SSSR count). The molecule has 0 saturated carbocycles. The van der Waals surface area contributed by atoms with Crippen LogP contribution in [0.3, 0.4) is 0 Å². The van der Waals surface area contributed by atoms with Gasteiger partial charge in [0.25, 0.3) is 5.91 Å². The molecule has 0 radical (unpaired) electrons. The molecule has 6 heteroatoms.